The summed E-state index contributed by atoms with van der Waals surface area (Å²) in [5.74, 6) is 0.509. The van der Waals surface area contributed by atoms with E-state index in [2.05, 4.69) is 10.8 Å². The lowest BCUT2D eigenvalue weighted by molar-refractivity contribution is 0.293. The molecule has 0 spiro atoms. The quantitative estimate of drug-likeness (QED) is 0.866. The lowest BCUT2D eigenvalue weighted by Gasteiger charge is -2.32. The van der Waals surface area contributed by atoms with Gasteiger partial charge in [-0.15, -0.1) is 0 Å². The number of hydrogen-bond donors (Lipinski definition) is 1. The van der Waals surface area contributed by atoms with Gasteiger partial charge in [0.15, 0.2) is 0 Å². The number of nitrogens with one attached hydrogen (secondary N) is 1. The Bertz CT molecular complexity index is 710. The minimum atomic E-state index is -3.57. The molecule has 1 aliphatic rings. The van der Waals surface area contributed by atoms with Gasteiger partial charge in [-0.05, 0) is 24.3 Å². The van der Waals surface area contributed by atoms with Gasteiger partial charge in [0, 0.05) is 5.56 Å². The largest absolute Gasteiger partial charge is 0.496 e. The van der Waals surface area contributed by atoms with Crippen molar-refractivity contribution in [2.45, 2.75) is 39.7 Å². The van der Waals surface area contributed by atoms with Crippen LogP contribution in [-0.4, -0.2) is 21.3 Å². The van der Waals surface area contributed by atoms with Crippen LogP contribution in [0.1, 0.15) is 45.2 Å². The molecule has 1 aliphatic carbocycles. The fourth-order valence-electron chi connectivity index (χ4n) is 2.64. The first kappa shape index (κ1) is 17.8. The predicted molar refractivity (Wildman–Crippen MR) is 89.4 cm³/mol. The van der Waals surface area contributed by atoms with E-state index in [1.807, 2.05) is 45.0 Å². The SMILES string of the molecule is COc1ccccc1[C@@H](NS(=O)(=O)CC1(C#N)CC1)C(C)(C)C. The first-order valence-electron chi connectivity index (χ1n) is 7.67. The van der Waals surface area contributed by atoms with Crippen LogP contribution in [0.4, 0.5) is 0 Å². The van der Waals surface area contributed by atoms with Gasteiger partial charge in [0.05, 0.1) is 30.4 Å². The van der Waals surface area contributed by atoms with Gasteiger partial charge in [-0.3, -0.25) is 0 Å². The first-order valence-corrected chi connectivity index (χ1v) is 9.32. The topological polar surface area (TPSA) is 79.2 Å². The molecule has 1 atom stereocenters. The third-order valence-corrected chi connectivity index (χ3v) is 5.70. The second-order valence-electron chi connectivity index (χ2n) is 7.31. The molecule has 23 heavy (non-hydrogen) atoms. The van der Waals surface area contributed by atoms with Crippen molar-refractivity contribution in [3.8, 4) is 11.8 Å². The average Bonchev–Trinajstić information content (AvgIpc) is 3.23. The molecule has 0 amide bonds. The molecule has 126 valence electrons. The molecule has 1 saturated carbocycles. The molecule has 1 aromatic rings. The molecule has 2 rings (SSSR count). The van der Waals surface area contributed by atoms with Crippen LogP contribution in [0.15, 0.2) is 24.3 Å². The maximum Gasteiger partial charge on any atom is 0.213 e. The molecule has 1 N–H and O–H groups in total. The molecular formula is C17H24N2O3S. The lowest BCUT2D eigenvalue weighted by atomic mass is 9.83. The minimum Gasteiger partial charge on any atom is -0.496 e. The zero-order chi connectivity index (χ0) is 17.3. The Kier molecular flexibility index (Phi) is 4.74. The zero-order valence-corrected chi connectivity index (χ0v) is 14.9. The Balaban J connectivity index is 2.32. The van der Waals surface area contributed by atoms with E-state index < -0.39 is 21.5 Å². The second-order valence-corrected chi connectivity index (χ2v) is 9.06. The number of rotatable bonds is 6. The summed E-state index contributed by atoms with van der Waals surface area (Å²) in [5.41, 5.74) is -0.243. The molecule has 5 nitrogen and oxygen atoms in total. The van der Waals surface area contributed by atoms with Gasteiger partial charge in [0.1, 0.15) is 5.75 Å². The summed E-state index contributed by atoms with van der Waals surface area (Å²) in [6.07, 6.45) is 1.30. The number of nitrogens with zero attached hydrogens (tertiary/aromatic N) is 1. The Morgan fingerprint density at radius 1 is 1.35 bits per heavy atom. The highest BCUT2D eigenvalue weighted by Gasteiger charge is 2.47. The number of ether oxygens (including phenoxy) is 1. The summed E-state index contributed by atoms with van der Waals surface area (Å²) in [5, 5.41) is 9.15. The van der Waals surface area contributed by atoms with Gasteiger partial charge < -0.3 is 4.74 Å². The van der Waals surface area contributed by atoms with E-state index in [0.717, 1.165) is 5.56 Å². The second kappa shape index (κ2) is 6.14. The van der Waals surface area contributed by atoms with E-state index in [9.17, 15) is 8.42 Å². The summed E-state index contributed by atoms with van der Waals surface area (Å²) in [4.78, 5) is 0. The van der Waals surface area contributed by atoms with Crippen LogP contribution in [0.3, 0.4) is 0 Å². The third kappa shape index (κ3) is 4.24. The highest BCUT2D eigenvalue weighted by Crippen LogP contribution is 2.46. The van der Waals surface area contributed by atoms with E-state index in [1.165, 1.54) is 0 Å². The predicted octanol–water partition coefficient (Wildman–Crippen LogP) is 3.01. The monoisotopic (exact) mass is 336 g/mol. The van der Waals surface area contributed by atoms with Crippen LogP contribution in [-0.2, 0) is 10.0 Å². The van der Waals surface area contributed by atoms with Gasteiger partial charge >= 0.3 is 0 Å². The molecule has 0 saturated heterocycles. The Morgan fingerprint density at radius 3 is 2.43 bits per heavy atom. The van der Waals surface area contributed by atoms with Gasteiger partial charge in [-0.1, -0.05) is 39.0 Å². The molecule has 0 aromatic heterocycles. The van der Waals surface area contributed by atoms with Crippen molar-refractivity contribution < 1.29 is 13.2 Å². The van der Waals surface area contributed by atoms with Crippen LogP contribution in [0, 0.1) is 22.2 Å². The summed E-state index contributed by atoms with van der Waals surface area (Å²) >= 11 is 0. The maximum absolute atomic E-state index is 12.6. The molecular weight excluding hydrogens is 312 g/mol. The van der Waals surface area contributed by atoms with Gasteiger partial charge in [-0.2, -0.15) is 5.26 Å². The Hall–Kier alpha value is -1.58. The molecule has 1 aromatic carbocycles. The number of sulfonamides is 1. The minimum absolute atomic E-state index is 0.141. The molecule has 0 unspecified atom stereocenters. The van der Waals surface area contributed by atoms with Crippen molar-refractivity contribution in [1.82, 2.24) is 4.72 Å². The van der Waals surface area contributed by atoms with Gasteiger partial charge in [0.25, 0.3) is 0 Å². The van der Waals surface area contributed by atoms with Crippen molar-refractivity contribution >= 4 is 10.0 Å². The highest BCUT2D eigenvalue weighted by atomic mass is 32.2. The number of methoxy groups -OCH3 is 1. The van der Waals surface area contributed by atoms with Crippen LogP contribution < -0.4 is 9.46 Å². The Labute approximate surface area is 138 Å². The van der Waals surface area contributed by atoms with E-state index in [4.69, 9.17) is 10.00 Å². The van der Waals surface area contributed by atoms with Crippen molar-refractivity contribution in [3.63, 3.8) is 0 Å². The van der Waals surface area contributed by atoms with Crippen molar-refractivity contribution in [2.75, 3.05) is 12.9 Å². The Morgan fingerprint density at radius 2 is 1.96 bits per heavy atom. The molecule has 0 aliphatic heterocycles. The third-order valence-electron chi connectivity index (χ3n) is 4.17. The van der Waals surface area contributed by atoms with Gasteiger partial charge in [0.2, 0.25) is 10.0 Å². The van der Waals surface area contributed by atoms with Crippen LogP contribution in [0.2, 0.25) is 0 Å². The van der Waals surface area contributed by atoms with Gasteiger partial charge in [-0.25, -0.2) is 13.1 Å². The van der Waals surface area contributed by atoms with Crippen LogP contribution in [0.25, 0.3) is 0 Å². The number of benzene rings is 1. The van der Waals surface area contributed by atoms with Crippen LogP contribution in [0.5, 0.6) is 5.75 Å². The smallest absolute Gasteiger partial charge is 0.213 e. The van der Waals surface area contributed by atoms with E-state index in [0.29, 0.717) is 18.6 Å². The first-order chi connectivity index (χ1) is 10.6. The standard InChI is InChI=1S/C17H24N2O3S/c1-16(2,3)15(13-7-5-6-8-14(13)22-4)19-23(20,21)12-17(11-18)9-10-17/h5-8,15,19H,9-10,12H2,1-4H3/t15-/m1/s1. The van der Waals surface area contributed by atoms with E-state index in [-0.39, 0.29) is 11.2 Å². The van der Waals surface area contributed by atoms with E-state index >= 15 is 0 Å². The maximum atomic E-state index is 12.6. The summed E-state index contributed by atoms with van der Waals surface area (Å²) < 4.78 is 33.3. The van der Waals surface area contributed by atoms with Crippen LogP contribution >= 0.6 is 0 Å². The number of nitriles is 1. The normalized spacial score (nSPS) is 18.0. The average molecular weight is 336 g/mol. The molecule has 6 heteroatoms. The lowest BCUT2D eigenvalue weighted by Crippen LogP contribution is -2.39. The fraction of sp³-hybridized carbons (Fsp3) is 0.588. The molecule has 0 heterocycles. The van der Waals surface area contributed by atoms with E-state index in [1.54, 1.807) is 7.11 Å². The van der Waals surface area contributed by atoms with Crippen molar-refractivity contribution in [1.29, 1.82) is 5.26 Å². The molecule has 1 fully saturated rings. The van der Waals surface area contributed by atoms with Crippen molar-refractivity contribution in [3.05, 3.63) is 29.8 Å². The summed E-state index contributed by atoms with van der Waals surface area (Å²) in [7, 11) is -2.00. The van der Waals surface area contributed by atoms with Crippen molar-refractivity contribution in [2.24, 2.45) is 10.8 Å². The molecule has 0 bridgehead atoms. The summed E-state index contributed by atoms with van der Waals surface area (Å²) in [6.45, 7) is 5.93. The zero-order valence-electron chi connectivity index (χ0n) is 14.1. The number of para-hydroxylation sites is 1. The summed E-state index contributed by atoms with van der Waals surface area (Å²) in [6, 6.07) is 9.11. The highest BCUT2D eigenvalue weighted by molar-refractivity contribution is 7.89. The fourth-order valence-corrected chi connectivity index (χ4v) is 4.64. The molecule has 0 radical (unpaired) electrons. The number of hydrogen-bond acceptors (Lipinski definition) is 4.